The van der Waals surface area contributed by atoms with Crippen molar-refractivity contribution in [3.63, 3.8) is 0 Å². The molecule has 1 aliphatic heterocycles. The number of rotatable bonds is 8. The van der Waals surface area contributed by atoms with Crippen LogP contribution in [-0.4, -0.2) is 66.9 Å². The third-order valence-corrected chi connectivity index (χ3v) is 6.44. The molecule has 2 aliphatic rings. The molecule has 33 heavy (non-hydrogen) atoms. The van der Waals surface area contributed by atoms with Crippen LogP contribution in [0, 0.1) is 0 Å². The summed E-state index contributed by atoms with van der Waals surface area (Å²) in [5, 5.41) is 6.07. The van der Waals surface area contributed by atoms with Gasteiger partial charge in [0.1, 0.15) is 0 Å². The summed E-state index contributed by atoms with van der Waals surface area (Å²) in [4.78, 5) is 30.0. The molecule has 2 aromatic rings. The van der Waals surface area contributed by atoms with Gasteiger partial charge < -0.3 is 10.6 Å². The van der Waals surface area contributed by atoms with Crippen LogP contribution in [0.3, 0.4) is 0 Å². The van der Waals surface area contributed by atoms with Gasteiger partial charge in [0.05, 0.1) is 17.8 Å². The van der Waals surface area contributed by atoms with Crippen LogP contribution >= 0.6 is 0 Å². The van der Waals surface area contributed by atoms with Gasteiger partial charge in [0, 0.05) is 38.8 Å². The second-order valence-electron chi connectivity index (χ2n) is 8.94. The maximum atomic E-state index is 12.7. The number of para-hydroxylation sites is 1. The van der Waals surface area contributed by atoms with E-state index in [-0.39, 0.29) is 17.9 Å². The fourth-order valence-corrected chi connectivity index (χ4v) is 4.55. The molecule has 1 saturated heterocycles. The molecule has 1 heterocycles. The minimum atomic E-state index is -0.102. The van der Waals surface area contributed by atoms with Crippen molar-refractivity contribution in [2.24, 2.45) is 0 Å². The Morgan fingerprint density at radius 2 is 1.55 bits per heavy atom. The summed E-state index contributed by atoms with van der Waals surface area (Å²) in [6, 6.07) is 17.8. The van der Waals surface area contributed by atoms with E-state index in [4.69, 9.17) is 0 Å². The molecule has 0 aromatic heterocycles. The van der Waals surface area contributed by atoms with Gasteiger partial charge in [-0.1, -0.05) is 67.5 Å². The van der Waals surface area contributed by atoms with Crippen molar-refractivity contribution in [1.82, 2.24) is 15.1 Å². The SMILES string of the molecule is O=C(CN1CCN(CC=Cc2ccccc2)CC1)Nc1ccccc1C(=O)NC1CCCC1. The molecule has 2 fully saturated rings. The molecule has 2 aromatic carbocycles. The average molecular weight is 447 g/mol. The molecule has 0 radical (unpaired) electrons. The largest absolute Gasteiger partial charge is 0.349 e. The lowest BCUT2D eigenvalue weighted by Gasteiger charge is -2.33. The summed E-state index contributed by atoms with van der Waals surface area (Å²) in [6.45, 7) is 4.84. The van der Waals surface area contributed by atoms with Gasteiger partial charge >= 0.3 is 0 Å². The normalized spacial score (nSPS) is 17.9. The highest BCUT2D eigenvalue weighted by Crippen LogP contribution is 2.20. The third kappa shape index (κ3) is 7.01. The number of benzene rings is 2. The molecule has 6 nitrogen and oxygen atoms in total. The maximum absolute atomic E-state index is 12.7. The second kappa shape index (κ2) is 11.8. The van der Waals surface area contributed by atoms with E-state index >= 15 is 0 Å². The molecular formula is C27H34N4O2. The van der Waals surface area contributed by atoms with E-state index in [0.717, 1.165) is 45.6 Å². The summed E-state index contributed by atoms with van der Waals surface area (Å²) in [7, 11) is 0. The number of nitrogens with zero attached hydrogens (tertiary/aromatic N) is 2. The van der Waals surface area contributed by atoms with Crippen molar-refractivity contribution >= 4 is 23.6 Å². The Hall–Kier alpha value is -2.96. The molecule has 0 bridgehead atoms. The lowest BCUT2D eigenvalue weighted by atomic mass is 10.1. The van der Waals surface area contributed by atoms with Crippen molar-refractivity contribution in [3.05, 3.63) is 71.8 Å². The van der Waals surface area contributed by atoms with E-state index in [2.05, 4.69) is 44.7 Å². The molecule has 4 rings (SSSR count). The van der Waals surface area contributed by atoms with Crippen molar-refractivity contribution < 1.29 is 9.59 Å². The third-order valence-electron chi connectivity index (χ3n) is 6.44. The van der Waals surface area contributed by atoms with Gasteiger partial charge in [-0.3, -0.25) is 19.4 Å². The lowest BCUT2D eigenvalue weighted by molar-refractivity contribution is -0.117. The first-order valence-electron chi connectivity index (χ1n) is 12.0. The predicted octanol–water partition coefficient (Wildman–Crippen LogP) is 3.63. The summed E-state index contributed by atoms with van der Waals surface area (Å²) in [5.41, 5.74) is 2.33. The zero-order chi connectivity index (χ0) is 22.9. The van der Waals surface area contributed by atoms with Crippen LogP contribution in [0.1, 0.15) is 41.6 Å². The van der Waals surface area contributed by atoms with E-state index in [1.54, 1.807) is 12.1 Å². The first-order chi connectivity index (χ1) is 16.2. The second-order valence-corrected chi connectivity index (χ2v) is 8.94. The van der Waals surface area contributed by atoms with Crippen LogP contribution in [0.15, 0.2) is 60.7 Å². The summed E-state index contributed by atoms with van der Waals surface area (Å²) >= 11 is 0. The summed E-state index contributed by atoms with van der Waals surface area (Å²) < 4.78 is 0. The topological polar surface area (TPSA) is 64.7 Å². The molecule has 174 valence electrons. The van der Waals surface area contributed by atoms with Gasteiger partial charge in [0.15, 0.2) is 0 Å². The van der Waals surface area contributed by atoms with Crippen LogP contribution in [0.5, 0.6) is 0 Å². The lowest BCUT2D eigenvalue weighted by Crippen LogP contribution is -2.48. The van der Waals surface area contributed by atoms with Crippen molar-refractivity contribution in [2.75, 3.05) is 44.6 Å². The first kappa shape index (κ1) is 23.2. The van der Waals surface area contributed by atoms with E-state index < -0.39 is 0 Å². The van der Waals surface area contributed by atoms with Gasteiger partial charge in [0.2, 0.25) is 5.91 Å². The predicted molar refractivity (Wildman–Crippen MR) is 133 cm³/mol. The highest BCUT2D eigenvalue weighted by molar-refractivity contribution is 6.04. The molecule has 2 N–H and O–H groups in total. The van der Waals surface area contributed by atoms with E-state index in [1.165, 1.54) is 18.4 Å². The zero-order valence-electron chi connectivity index (χ0n) is 19.2. The molecule has 1 aliphatic carbocycles. The molecule has 0 atom stereocenters. The van der Waals surface area contributed by atoms with E-state index in [0.29, 0.717) is 17.8 Å². The van der Waals surface area contributed by atoms with E-state index in [1.807, 2.05) is 30.3 Å². The van der Waals surface area contributed by atoms with Crippen LogP contribution in [-0.2, 0) is 4.79 Å². The fourth-order valence-electron chi connectivity index (χ4n) is 4.55. The molecule has 0 spiro atoms. The molecule has 2 amide bonds. The first-order valence-corrected chi connectivity index (χ1v) is 12.0. The van der Waals surface area contributed by atoms with Crippen LogP contribution < -0.4 is 10.6 Å². The van der Waals surface area contributed by atoms with Crippen LogP contribution in [0.2, 0.25) is 0 Å². The number of hydrogen-bond acceptors (Lipinski definition) is 4. The number of piperazine rings is 1. The molecule has 0 unspecified atom stereocenters. The minimum Gasteiger partial charge on any atom is -0.349 e. The van der Waals surface area contributed by atoms with Crippen LogP contribution in [0.25, 0.3) is 6.08 Å². The average Bonchev–Trinajstić information content (AvgIpc) is 3.34. The Kier molecular flexibility index (Phi) is 8.28. The Balaban J connectivity index is 1.22. The van der Waals surface area contributed by atoms with E-state index in [9.17, 15) is 9.59 Å². The Bertz CT molecular complexity index is 946. The van der Waals surface area contributed by atoms with Gasteiger partial charge in [-0.2, -0.15) is 0 Å². The van der Waals surface area contributed by atoms with Gasteiger partial charge in [0.25, 0.3) is 5.91 Å². The van der Waals surface area contributed by atoms with Crippen molar-refractivity contribution in [1.29, 1.82) is 0 Å². The summed E-state index contributed by atoms with van der Waals surface area (Å²) in [6.07, 6.45) is 8.76. The molecule has 1 saturated carbocycles. The maximum Gasteiger partial charge on any atom is 0.253 e. The Labute approximate surface area is 196 Å². The Morgan fingerprint density at radius 3 is 2.30 bits per heavy atom. The molecule has 6 heteroatoms. The van der Waals surface area contributed by atoms with Crippen LogP contribution in [0.4, 0.5) is 5.69 Å². The fraction of sp³-hybridized carbons (Fsp3) is 0.407. The summed E-state index contributed by atoms with van der Waals surface area (Å²) in [5.74, 6) is -0.177. The van der Waals surface area contributed by atoms with Gasteiger partial charge in [-0.25, -0.2) is 0 Å². The number of nitrogens with one attached hydrogen (secondary N) is 2. The molecular weight excluding hydrogens is 412 g/mol. The monoisotopic (exact) mass is 446 g/mol. The highest BCUT2D eigenvalue weighted by Gasteiger charge is 2.21. The number of hydrogen-bond donors (Lipinski definition) is 2. The number of carbonyl (C=O) groups excluding carboxylic acids is 2. The van der Waals surface area contributed by atoms with Crippen molar-refractivity contribution in [2.45, 2.75) is 31.7 Å². The smallest absolute Gasteiger partial charge is 0.253 e. The standard InChI is InChI=1S/C27H34N4O2/c32-26(29-25-15-7-6-14-24(25)27(33)28-23-12-4-5-13-23)21-31-19-17-30(18-20-31)16-8-11-22-9-2-1-3-10-22/h1-3,6-11,14-15,23H,4-5,12-13,16-21H2,(H,28,33)(H,29,32). The number of anilines is 1. The van der Waals surface area contributed by atoms with Gasteiger partial charge in [-0.05, 0) is 30.5 Å². The number of amides is 2. The highest BCUT2D eigenvalue weighted by atomic mass is 16.2. The number of carbonyl (C=O) groups is 2. The van der Waals surface area contributed by atoms with Crippen molar-refractivity contribution in [3.8, 4) is 0 Å². The van der Waals surface area contributed by atoms with Gasteiger partial charge in [-0.15, -0.1) is 0 Å². The quantitative estimate of drug-likeness (QED) is 0.650. The Morgan fingerprint density at radius 1 is 0.879 bits per heavy atom. The zero-order valence-corrected chi connectivity index (χ0v) is 19.2. The minimum absolute atomic E-state index is 0.0754.